The maximum atomic E-state index is 4.98. The minimum Gasteiger partial charge on any atom is -0.383 e. The summed E-state index contributed by atoms with van der Waals surface area (Å²) in [5.41, 5.74) is 0. The van der Waals surface area contributed by atoms with Gasteiger partial charge in [0, 0.05) is 26.7 Å². The molecule has 1 heterocycles. The molecule has 3 heteroatoms. The molecule has 0 aromatic rings. The van der Waals surface area contributed by atoms with E-state index in [9.17, 15) is 0 Å². The van der Waals surface area contributed by atoms with E-state index in [1.165, 1.54) is 32.5 Å². The molecule has 1 fully saturated rings. The van der Waals surface area contributed by atoms with Gasteiger partial charge in [-0.25, -0.2) is 0 Å². The third kappa shape index (κ3) is 5.28. The van der Waals surface area contributed by atoms with E-state index >= 15 is 0 Å². The predicted octanol–water partition coefficient (Wildman–Crippen LogP) is 1.59. The second kappa shape index (κ2) is 8.04. The van der Waals surface area contributed by atoms with Crippen LogP contribution in [-0.2, 0) is 4.74 Å². The van der Waals surface area contributed by atoms with Gasteiger partial charge in [-0.15, -0.1) is 0 Å². The smallest absolute Gasteiger partial charge is 0.0587 e. The van der Waals surface area contributed by atoms with Crippen LogP contribution in [0.4, 0.5) is 0 Å². The fraction of sp³-hybridized carbons (Fsp3) is 1.00. The van der Waals surface area contributed by atoms with Gasteiger partial charge >= 0.3 is 0 Å². The molecule has 1 aliphatic heterocycles. The Labute approximate surface area is 101 Å². The highest BCUT2D eigenvalue weighted by atomic mass is 16.5. The molecule has 0 spiro atoms. The summed E-state index contributed by atoms with van der Waals surface area (Å²) in [5.74, 6) is 1.78. The lowest BCUT2D eigenvalue weighted by Crippen LogP contribution is -2.24. The normalized spacial score (nSPS) is 26.4. The summed E-state index contributed by atoms with van der Waals surface area (Å²) in [6.07, 6.45) is 2.60. The van der Waals surface area contributed by atoms with Gasteiger partial charge in [0.05, 0.1) is 6.61 Å². The summed E-state index contributed by atoms with van der Waals surface area (Å²) >= 11 is 0. The monoisotopic (exact) mass is 228 g/mol. The highest BCUT2D eigenvalue weighted by molar-refractivity contribution is 4.78. The number of likely N-dealkylation sites (tertiary alicyclic amines) is 1. The van der Waals surface area contributed by atoms with Crippen LogP contribution < -0.4 is 5.32 Å². The molecule has 2 unspecified atom stereocenters. The lowest BCUT2D eigenvalue weighted by Gasteiger charge is -2.15. The predicted molar refractivity (Wildman–Crippen MR) is 68.7 cm³/mol. The zero-order valence-corrected chi connectivity index (χ0v) is 11.2. The van der Waals surface area contributed by atoms with Gasteiger partial charge < -0.3 is 15.0 Å². The molecule has 2 atom stereocenters. The van der Waals surface area contributed by atoms with Crippen LogP contribution in [0.3, 0.4) is 0 Å². The first-order valence-corrected chi connectivity index (χ1v) is 6.66. The fourth-order valence-corrected chi connectivity index (χ4v) is 2.32. The number of hydrogen-bond donors (Lipinski definition) is 1. The average molecular weight is 228 g/mol. The first-order valence-electron chi connectivity index (χ1n) is 6.66. The maximum Gasteiger partial charge on any atom is 0.0587 e. The summed E-state index contributed by atoms with van der Waals surface area (Å²) in [4.78, 5) is 2.62. The van der Waals surface area contributed by atoms with Crippen LogP contribution in [-0.4, -0.2) is 51.3 Å². The first kappa shape index (κ1) is 13.9. The van der Waals surface area contributed by atoms with Crippen LogP contribution in [0.15, 0.2) is 0 Å². The molecular formula is C13H28N2O. The van der Waals surface area contributed by atoms with Crippen LogP contribution in [0.1, 0.15) is 26.7 Å². The van der Waals surface area contributed by atoms with Crippen LogP contribution in [0, 0.1) is 11.8 Å². The molecule has 0 aromatic carbocycles. The van der Waals surface area contributed by atoms with Gasteiger partial charge in [0.15, 0.2) is 0 Å². The number of nitrogens with zero attached hydrogens (tertiary/aromatic N) is 1. The summed E-state index contributed by atoms with van der Waals surface area (Å²) in [6.45, 7) is 11.6. The van der Waals surface area contributed by atoms with Crippen molar-refractivity contribution >= 4 is 0 Å². The van der Waals surface area contributed by atoms with Gasteiger partial charge in [-0.1, -0.05) is 13.8 Å². The molecular weight excluding hydrogens is 200 g/mol. The summed E-state index contributed by atoms with van der Waals surface area (Å²) in [5, 5.41) is 3.39. The number of nitrogens with one attached hydrogen (secondary N) is 1. The number of ether oxygens (including phenoxy) is 1. The van der Waals surface area contributed by atoms with E-state index in [0.29, 0.717) is 0 Å². The summed E-state index contributed by atoms with van der Waals surface area (Å²) < 4.78 is 4.98. The largest absolute Gasteiger partial charge is 0.383 e. The molecule has 0 aliphatic carbocycles. The van der Waals surface area contributed by atoms with E-state index in [2.05, 4.69) is 24.1 Å². The van der Waals surface area contributed by atoms with Crippen LogP contribution in [0.25, 0.3) is 0 Å². The van der Waals surface area contributed by atoms with Crippen molar-refractivity contribution in [3.05, 3.63) is 0 Å². The zero-order chi connectivity index (χ0) is 11.8. The van der Waals surface area contributed by atoms with Crippen molar-refractivity contribution in [3.8, 4) is 0 Å². The van der Waals surface area contributed by atoms with Crippen LogP contribution in [0.2, 0.25) is 0 Å². The second-order valence-corrected chi connectivity index (χ2v) is 5.16. The molecule has 1 rings (SSSR count). The lowest BCUT2D eigenvalue weighted by atomic mass is 10.0. The molecule has 1 N–H and O–H groups in total. The van der Waals surface area contributed by atoms with E-state index in [1.807, 2.05) is 0 Å². The Morgan fingerprint density at radius 3 is 2.44 bits per heavy atom. The van der Waals surface area contributed by atoms with Crippen LogP contribution >= 0.6 is 0 Å². The topological polar surface area (TPSA) is 24.5 Å². The van der Waals surface area contributed by atoms with Crippen molar-refractivity contribution in [2.75, 3.05) is 46.4 Å². The molecule has 0 amide bonds. The zero-order valence-electron chi connectivity index (χ0n) is 11.2. The van der Waals surface area contributed by atoms with E-state index in [-0.39, 0.29) is 0 Å². The Morgan fingerprint density at radius 1 is 1.12 bits per heavy atom. The molecule has 16 heavy (non-hydrogen) atoms. The van der Waals surface area contributed by atoms with Gasteiger partial charge in [-0.05, 0) is 37.8 Å². The standard InChI is InChI=1S/C13H28N2O/c1-12-10-15(11-13(12)2)8-5-4-6-14-7-9-16-3/h12-14H,4-11H2,1-3H3. The maximum absolute atomic E-state index is 4.98. The van der Waals surface area contributed by atoms with Crippen molar-refractivity contribution in [1.82, 2.24) is 10.2 Å². The van der Waals surface area contributed by atoms with Crippen molar-refractivity contribution in [2.45, 2.75) is 26.7 Å². The molecule has 1 saturated heterocycles. The molecule has 0 aromatic heterocycles. The van der Waals surface area contributed by atoms with Gasteiger partial charge in [0.25, 0.3) is 0 Å². The Bertz CT molecular complexity index is 165. The molecule has 3 nitrogen and oxygen atoms in total. The summed E-state index contributed by atoms with van der Waals surface area (Å²) in [7, 11) is 1.75. The molecule has 0 bridgehead atoms. The van der Waals surface area contributed by atoms with Crippen LogP contribution in [0.5, 0.6) is 0 Å². The number of methoxy groups -OCH3 is 1. The quantitative estimate of drug-likeness (QED) is 0.639. The Kier molecular flexibility index (Phi) is 7.01. The molecule has 96 valence electrons. The number of rotatable bonds is 8. The average Bonchev–Trinajstić information content (AvgIpc) is 2.57. The van der Waals surface area contributed by atoms with E-state index in [4.69, 9.17) is 4.74 Å². The van der Waals surface area contributed by atoms with E-state index < -0.39 is 0 Å². The van der Waals surface area contributed by atoms with Crippen molar-refractivity contribution in [2.24, 2.45) is 11.8 Å². The summed E-state index contributed by atoms with van der Waals surface area (Å²) in [6, 6.07) is 0. The van der Waals surface area contributed by atoms with Crippen molar-refractivity contribution in [3.63, 3.8) is 0 Å². The minimum atomic E-state index is 0.821. The van der Waals surface area contributed by atoms with Crippen molar-refractivity contribution in [1.29, 1.82) is 0 Å². The van der Waals surface area contributed by atoms with Gasteiger partial charge in [-0.3, -0.25) is 0 Å². The highest BCUT2D eigenvalue weighted by Crippen LogP contribution is 2.21. The van der Waals surface area contributed by atoms with E-state index in [1.54, 1.807) is 7.11 Å². The minimum absolute atomic E-state index is 0.821. The SMILES string of the molecule is COCCNCCCCN1CC(C)C(C)C1. The van der Waals surface area contributed by atoms with Gasteiger partial charge in [0.2, 0.25) is 0 Å². The second-order valence-electron chi connectivity index (χ2n) is 5.16. The highest BCUT2D eigenvalue weighted by Gasteiger charge is 2.24. The van der Waals surface area contributed by atoms with Gasteiger partial charge in [-0.2, -0.15) is 0 Å². The number of hydrogen-bond acceptors (Lipinski definition) is 3. The Morgan fingerprint density at radius 2 is 1.81 bits per heavy atom. The van der Waals surface area contributed by atoms with E-state index in [0.717, 1.165) is 31.5 Å². The third-order valence-electron chi connectivity index (χ3n) is 3.62. The van der Waals surface area contributed by atoms with Gasteiger partial charge in [0.1, 0.15) is 0 Å². The number of unbranched alkanes of at least 4 members (excludes halogenated alkanes) is 1. The Hall–Kier alpha value is -0.120. The molecule has 0 radical (unpaired) electrons. The molecule has 1 aliphatic rings. The first-order chi connectivity index (χ1) is 7.74. The third-order valence-corrected chi connectivity index (χ3v) is 3.62. The lowest BCUT2D eigenvalue weighted by molar-refractivity contribution is 0.199. The fourth-order valence-electron chi connectivity index (χ4n) is 2.32. The molecule has 0 saturated carbocycles. The van der Waals surface area contributed by atoms with Crippen molar-refractivity contribution < 1.29 is 4.74 Å². The Balaban J connectivity index is 1.88.